The highest BCUT2D eigenvalue weighted by atomic mass is 19.1. The van der Waals surface area contributed by atoms with E-state index in [0.29, 0.717) is 28.1 Å². The van der Waals surface area contributed by atoms with Crippen LogP contribution in [0.1, 0.15) is 43.5 Å². The molecule has 29 heavy (non-hydrogen) atoms. The van der Waals surface area contributed by atoms with Crippen molar-refractivity contribution in [2.75, 3.05) is 0 Å². The first-order valence-electron chi connectivity index (χ1n) is 9.42. The Morgan fingerprint density at radius 2 is 1.48 bits per heavy atom. The van der Waals surface area contributed by atoms with Gasteiger partial charge in [-0.3, -0.25) is 9.59 Å². The summed E-state index contributed by atoms with van der Waals surface area (Å²) in [5, 5.41) is 1.82. The van der Waals surface area contributed by atoms with E-state index in [9.17, 15) is 14.0 Å². The third-order valence-corrected chi connectivity index (χ3v) is 5.80. The maximum absolute atomic E-state index is 14.3. The lowest BCUT2D eigenvalue weighted by Crippen LogP contribution is -2.39. The van der Waals surface area contributed by atoms with E-state index in [0.717, 1.165) is 16.6 Å². The highest BCUT2D eigenvalue weighted by Crippen LogP contribution is 2.31. The molecule has 0 saturated heterocycles. The monoisotopic (exact) mass is 385 g/mol. The van der Waals surface area contributed by atoms with Crippen molar-refractivity contribution in [2.24, 2.45) is 7.05 Å². The van der Waals surface area contributed by atoms with Crippen LogP contribution in [0.3, 0.4) is 0 Å². The molecule has 0 bridgehead atoms. The minimum Gasteiger partial charge on any atom is -0.284 e. The summed E-state index contributed by atoms with van der Waals surface area (Å²) in [5.41, 5.74) is 1.96. The van der Waals surface area contributed by atoms with Gasteiger partial charge >= 0.3 is 0 Å². The van der Waals surface area contributed by atoms with E-state index in [4.69, 9.17) is 0 Å². The average molecular weight is 385 g/mol. The molecule has 0 aliphatic heterocycles. The summed E-state index contributed by atoms with van der Waals surface area (Å²) in [4.78, 5) is 26.8. The second kappa shape index (κ2) is 6.21. The van der Waals surface area contributed by atoms with E-state index < -0.39 is 0 Å². The third kappa shape index (κ3) is 2.47. The number of halogens is 1. The van der Waals surface area contributed by atoms with Crippen molar-refractivity contribution >= 4 is 22.3 Å². The van der Waals surface area contributed by atoms with E-state index >= 15 is 0 Å². The molecule has 1 aliphatic carbocycles. The minimum absolute atomic E-state index is 0.182. The van der Waals surface area contributed by atoms with E-state index in [1.165, 1.54) is 6.07 Å². The summed E-state index contributed by atoms with van der Waals surface area (Å²) in [6.07, 6.45) is 0. The zero-order valence-electron chi connectivity index (χ0n) is 16.1. The number of aromatic nitrogens is 2. The van der Waals surface area contributed by atoms with Crippen LogP contribution >= 0.6 is 0 Å². The Bertz CT molecular complexity index is 1350. The molecule has 3 aromatic carbocycles. The summed E-state index contributed by atoms with van der Waals surface area (Å²) in [5.74, 6) is -0.00562. The number of fused-ring (bicyclic) bond motifs is 3. The fourth-order valence-electron chi connectivity index (χ4n) is 4.14. The standard InChI is InChI=1S/C24H18FN2O2/c1-14-26(2)21-22(27(14)13-17-9-5-6-10-20(17)25)24(29)19-12-16-8-4-3-7-15(16)11-18(19)23(21)28/h3-12H,13H2,1-2H3/q+1. The lowest BCUT2D eigenvalue weighted by atomic mass is 9.87. The Labute approximate surface area is 166 Å². The molecule has 1 aliphatic rings. The molecule has 142 valence electrons. The molecule has 0 N–H and O–H groups in total. The summed E-state index contributed by atoms with van der Waals surface area (Å²) in [7, 11) is 1.77. The Hall–Kier alpha value is -3.60. The molecule has 0 unspecified atom stereocenters. The van der Waals surface area contributed by atoms with Crippen LogP contribution in [0.25, 0.3) is 10.8 Å². The summed E-state index contributed by atoms with van der Waals surface area (Å²) in [6, 6.07) is 17.7. The van der Waals surface area contributed by atoms with Gasteiger partial charge in [-0.15, -0.1) is 0 Å². The molecule has 0 radical (unpaired) electrons. The van der Waals surface area contributed by atoms with Crippen LogP contribution in [0.15, 0.2) is 60.7 Å². The lowest BCUT2D eigenvalue weighted by Gasteiger charge is -2.14. The molecule has 4 aromatic rings. The third-order valence-electron chi connectivity index (χ3n) is 5.80. The Balaban J connectivity index is 1.74. The van der Waals surface area contributed by atoms with Gasteiger partial charge in [0.05, 0.1) is 7.05 Å². The molecule has 0 saturated carbocycles. The number of imidazole rings is 1. The van der Waals surface area contributed by atoms with Gasteiger partial charge in [0, 0.05) is 23.6 Å². The Morgan fingerprint density at radius 1 is 0.897 bits per heavy atom. The topological polar surface area (TPSA) is 43.0 Å². The molecule has 5 rings (SSSR count). The van der Waals surface area contributed by atoms with E-state index in [1.54, 1.807) is 46.5 Å². The second-order valence-corrected chi connectivity index (χ2v) is 7.38. The van der Waals surface area contributed by atoms with Crippen molar-refractivity contribution in [2.45, 2.75) is 13.5 Å². The van der Waals surface area contributed by atoms with Gasteiger partial charge < -0.3 is 0 Å². The van der Waals surface area contributed by atoms with Crippen molar-refractivity contribution in [3.63, 3.8) is 0 Å². The van der Waals surface area contributed by atoms with Crippen molar-refractivity contribution in [3.8, 4) is 0 Å². The Morgan fingerprint density at radius 3 is 2.14 bits per heavy atom. The highest BCUT2D eigenvalue weighted by Gasteiger charge is 2.42. The van der Waals surface area contributed by atoms with Gasteiger partial charge in [-0.05, 0) is 29.0 Å². The lowest BCUT2D eigenvalue weighted by molar-refractivity contribution is -0.679. The number of hydrogen-bond donors (Lipinski definition) is 0. The minimum atomic E-state index is -0.335. The SMILES string of the molecule is Cc1n(Cc2ccccc2F)c2c([n+]1C)C(=O)c1cc3ccccc3cc1C2=O. The van der Waals surface area contributed by atoms with Crippen molar-refractivity contribution in [1.29, 1.82) is 0 Å². The van der Waals surface area contributed by atoms with Crippen LogP contribution in [-0.4, -0.2) is 16.1 Å². The highest BCUT2D eigenvalue weighted by molar-refractivity contribution is 6.27. The molecular formula is C24H18FN2O2+. The van der Waals surface area contributed by atoms with Crippen molar-refractivity contribution < 1.29 is 18.5 Å². The maximum Gasteiger partial charge on any atom is 0.254 e. The van der Waals surface area contributed by atoms with Crippen LogP contribution in [0, 0.1) is 12.7 Å². The first-order valence-corrected chi connectivity index (χ1v) is 9.42. The van der Waals surface area contributed by atoms with E-state index in [2.05, 4.69) is 0 Å². The van der Waals surface area contributed by atoms with Gasteiger partial charge in [0.25, 0.3) is 5.82 Å². The molecule has 5 heteroatoms. The predicted octanol–water partition coefficient (Wildman–Crippen LogP) is 3.74. The zero-order valence-corrected chi connectivity index (χ0v) is 16.1. The number of carbonyl (C=O) groups is 2. The summed E-state index contributed by atoms with van der Waals surface area (Å²) in [6.45, 7) is 2.02. The first kappa shape index (κ1) is 17.5. The number of rotatable bonds is 2. The number of nitrogens with zero attached hydrogens (tertiary/aromatic N) is 2. The second-order valence-electron chi connectivity index (χ2n) is 7.38. The van der Waals surface area contributed by atoms with Gasteiger partial charge in [-0.2, -0.15) is 0 Å². The number of benzene rings is 3. The summed E-state index contributed by atoms with van der Waals surface area (Å²) >= 11 is 0. The molecule has 1 aromatic heterocycles. The van der Waals surface area contributed by atoms with Crippen LogP contribution in [-0.2, 0) is 13.6 Å². The van der Waals surface area contributed by atoms with E-state index in [1.807, 2.05) is 31.2 Å². The van der Waals surface area contributed by atoms with Crippen LogP contribution in [0.5, 0.6) is 0 Å². The normalized spacial score (nSPS) is 12.9. The molecule has 0 spiro atoms. The first-order chi connectivity index (χ1) is 14.0. The molecule has 0 atom stereocenters. The van der Waals surface area contributed by atoms with Gasteiger partial charge in [-0.25, -0.2) is 13.5 Å². The molecule has 0 fully saturated rings. The van der Waals surface area contributed by atoms with Crippen LogP contribution in [0.4, 0.5) is 4.39 Å². The van der Waals surface area contributed by atoms with Gasteiger partial charge in [-0.1, -0.05) is 42.5 Å². The number of ketones is 2. The van der Waals surface area contributed by atoms with Gasteiger partial charge in [0.15, 0.2) is 0 Å². The summed E-state index contributed by atoms with van der Waals surface area (Å²) < 4.78 is 17.7. The Kier molecular flexibility index (Phi) is 3.74. The quantitative estimate of drug-likeness (QED) is 0.435. The predicted molar refractivity (Wildman–Crippen MR) is 107 cm³/mol. The van der Waals surface area contributed by atoms with Crippen molar-refractivity contribution in [1.82, 2.24) is 4.57 Å². The van der Waals surface area contributed by atoms with Gasteiger partial charge in [0.2, 0.25) is 23.0 Å². The molecule has 1 heterocycles. The van der Waals surface area contributed by atoms with Crippen molar-refractivity contribution in [3.05, 3.63) is 100 Å². The van der Waals surface area contributed by atoms with Crippen LogP contribution in [0.2, 0.25) is 0 Å². The maximum atomic E-state index is 14.3. The van der Waals surface area contributed by atoms with E-state index in [-0.39, 0.29) is 23.9 Å². The molecular weight excluding hydrogens is 367 g/mol. The number of carbonyl (C=O) groups excluding carboxylic acids is 2. The van der Waals surface area contributed by atoms with Crippen LogP contribution < -0.4 is 4.57 Å². The number of hydrogen-bond acceptors (Lipinski definition) is 2. The molecule has 0 amide bonds. The fraction of sp³-hybridized carbons (Fsp3) is 0.125. The van der Waals surface area contributed by atoms with Gasteiger partial charge in [0.1, 0.15) is 12.4 Å². The molecule has 4 nitrogen and oxygen atoms in total. The largest absolute Gasteiger partial charge is 0.284 e. The smallest absolute Gasteiger partial charge is 0.254 e. The fourth-order valence-corrected chi connectivity index (χ4v) is 4.14. The average Bonchev–Trinajstić information content (AvgIpc) is 2.98. The zero-order chi connectivity index (χ0) is 20.3.